The number of aromatic nitrogens is 1. The molecule has 1 aromatic heterocycles. The van der Waals surface area contributed by atoms with Gasteiger partial charge in [0.25, 0.3) is 0 Å². The lowest BCUT2D eigenvalue weighted by atomic mass is 10.0. The highest BCUT2D eigenvalue weighted by molar-refractivity contribution is 6.30. The third kappa shape index (κ3) is 4.63. The minimum atomic E-state index is -0.0612. The molecule has 0 amide bonds. The predicted octanol–water partition coefficient (Wildman–Crippen LogP) is 3.27. The fraction of sp³-hybridized carbons (Fsp3) is 0.200. The van der Waals surface area contributed by atoms with E-state index in [9.17, 15) is 5.21 Å². The Bertz CT molecular complexity index is 487. The van der Waals surface area contributed by atoms with Crippen LogP contribution in [0.5, 0.6) is 0 Å². The summed E-state index contributed by atoms with van der Waals surface area (Å²) < 4.78 is 0. The SMILES string of the molecule is ONC(C[CH]c1ccccc1)Cc1ccc(Cl)cn1. The van der Waals surface area contributed by atoms with Gasteiger partial charge in [-0.3, -0.25) is 4.98 Å². The third-order valence-corrected chi connectivity index (χ3v) is 3.09. The Kier molecular flexibility index (Phi) is 5.33. The first-order valence-corrected chi connectivity index (χ1v) is 6.54. The number of halogens is 1. The van der Waals surface area contributed by atoms with Gasteiger partial charge in [0.15, 0.2) is 0 Å². The second kappa shape index (κ2) is 7.24. The van der Waals surface area contributed by atoms with Crippen molar-refractivity contribution in [1.82, 2.24) is 10.5 Å². The Labute approximate surface area is 118 Å². The summed E-state index contributed by atoms with van der Waals surface area (Å²) >= 11 is 5.79. The van der Waals surface area contributed by atoms with Crippen LogP contribution in [0.15, 0.2) is 48.7 Å². The molecule has 0 bridgehead atoms. The number of hydrogen-bond donors (Lipinski definition) is 2. The summed E-state index contributed by atoms with van der Waals surface area (Å²) in [5, 5.41) is 9.81. The maximum Gasteiger partial charge on any atom is 0.0589 e. The van der Waals surface area contributed by atoms with E-state index >= 15 is 0 Å². The molecule has 2 aromatic rings. The molecular weight excluding hydrogens is 260 g/mol. The monoisotopic (exact) mass is 275 g/mol. The fourth-order valence-electron chi connectivity index (χ4n) is 1.83. The number of hydroxylamine groups is 1. The molecule has 1 heterocycles. The van der Waals surface area contributed by atoms with Crippen molar-refractivity contribution >= 4 is 11.6 Å². The second-order valence-electron chi connectivity index (χ2n) is 4.35. The number of hydrogen-bond acceptors (Lipinski definition) is 3. The maximum atomic E-state index is 9.20. The van der Waals surface area contributed by atoms with Crippen molar-refractivity contribution in [2.24, 2.45) is 0 Å². The molecule has 1 radical (unpaired) electrons. The van der Waals surface area contributed by atoms with E-state index in [4.69, 9.17) is 11.6 Å². The number of pyridine rings is 1. The number of nitrogens with one attached hydrogen (secondary N) is 1. The van der Waals surface area contributed by atoms with Crippen molar-refractivity contribution in [3.8, 4) is 0 Å². The quantitative estimate of drug-likeness (QED) is 0.796. The van der Waals surface area contributed by atoms with E-state index in [1.807, 2.05) is 36.4 Å². The van der Waals surface area contributed by atoms with Crippen molar-refractivity contribution in [2.75, 3.05) is 0 Å². The average Bonchev–Trinajstić information content (AvgIpc) is 2.46. The number of nitrogens with zero attached hydrogens (tertiary/aromatic N) is 1. The molecule has 0 saturated heterocycles. The van der Waals surface area contributed by atoms with Crippen LogP contribution in [0.1, 0.15) is 17.7 Å². The lowest BCUT2D eigenvalue weighted by molar-refractivity contribution is 0.125. The predicted molar refractivity (Wildman–Crippen MR) is 76.1 cm³/mol. The Hall–Kier alpha value is -1.42. The van der Waals surface area contributed by atoms with E-state index in [-0.39, 0.29) is 6.04 Å². The van der Waals surface area contributed by atoms with Crippen LogP contribution < -0.4 is 5.48 Å². The van der Waals surface area contributed by atoms with Crippen LogP contribution in [0.2, 0.25) is 5.02 Å². The molecule has 19 heavy (non-hydrogen) atoms. The molecule has 2 N–H and O–H groups in total. The summed E-state index contributed by atoms with van der Waals surface area (Å²) in [5.41, 5.74) is 4.38. The van der Waals surface area contributed by atoms with Crippen LogP contribution in [0.4, 0.5) is 0 Å². The summed E-state index contributed by atoms with van der Waals surface area (Å²) in [6.45, 7) is 0. The molecule has 1 atom stereocenters. The second-order valence-corrected chi connectivity index (χ2v) is 4.78. The minimum absolute atomic E-state index is 0.0612. The molecule has 0 aliphatic rings. The molecule has 0 saturated carbocycles. The Balaban J connectivity index is 1.88. The van der Waals surface area contributed by atoms with E-state index in [0.29, 0.717) is 11.4 Å². The van der Waals surface area contributed by atoms with Gasteiger partial charge in [0, 0.05) is 24.4 Å². The van der Waals surface area contributed by atoms with Crippen molar-refractivity contribution in [3.05, 3.63) is 71.4 Å². The minimum Gasteiger partial charge on any atom is -0.317 e. The standard InChI is InChI=1S/C15H16ClN2O/c16-13-7-9-14(17-11-13)10-15(18-19)8-6-12-4-2-1-3-5-12/h1-7,9,11,15,18-19H,8,10H2. The molecular formula is C15H16ClN2O. The summed E-state index contributed by atoms with van der Waals surface area (Å²) in [7, 11) is 0. The van der Waals surface area contributed by atoms with Crippen LogP contribution in [0.25, 0.3) is 0 Å². The first-order valence-electron chi connectivity index (χ1n) is 6.16. The zero-order valence-corrected chi connectivity index (χ0v) is 11.2. The van der Waals surface area contributed by atoms with Gasteiger partial charge in [0.05, 0.1) is 5.02 Å². The number of benzene rings is 1. The van der Waals surface area contributed by atoms with Gasteiger partial charge in [-0.25, -0.2) is 5.48 Å². The highest BCUT2D eigenvalue weighted by Crippen LogP contribution is 2.12. The van der Waals surface area contributed by atoms with Crippen molar-refractivity contribution in [3.63, 3.8) is 0 Å². The molecule has 3 nitrogen and oxygen atoms in total. The third-order valence-electron chi connectivity index (χ3n) is 2.86. The van der Waals surface area contributed by atoms with E-state index < -0.39 is 0 Å². The summed E-state index contributed by atoms with van der Waals surface area (Å²) in [6, 6.07) is 13.7. The molecule has 0 aliphatic carbocycles. The average molecular weight is 276 g/mol. The molecule has 99 valence electrons. The van der Waals surface area contributed by atoms with Crippen LogP contribution >= 0.6 is 11.6 Å². The topological polar surface area (TPSA) is 45.1 Å². The van der Waals surface area contributed by atoms with Crippen LogP contribution in [0, 0.1) is 6.42 Å². The molecule has 2 rings (SSSR count). The van der Waals surface area contributed by atoms with E-state index in [2.05, 4.69) is 16.9 Å². The normalized spacial score (nSPS) is 12.3. The maximum absolute atomic E-state index is 9.20. The fourth-order valence-corrected chi connectivity index (χ4v) is 1.94. The lowest BCUT2D eigenvalue weighted by Gasteiger charge is -2.14. The van der Waals surface area contributed by atoms with E-state index in [1.54, 1.807) is 12.3 Å². The van der Waals surface area contributed by atoms with Crippen molar-refractivity contribution in [1.29, 1.82) is 0 Å². The summed E-state index contributed by atoms with van der Waals surface area (Å²) in [6.07, 6.45) is 5.08. The van der Waals surface area contributed by atoms with Crippen LogP contribution in [0.3, 0.4) is 0 Å². The van der Waals surface area contributed by atoms with Crippen LogP contribution in [-0.2, 0) is 6.42 Å². The number of rotatable bonds is 6. The first-order chi connectivity index (χ1) is 9.28. The lowest BCUT2D eigenvalue weighted by Crippen LogP contribution is -2.28. The van der Waals surface area contributed by atoms with Gasteiger partial charge < -0.3 is 5.21 Å². The van der Waals surface area contributed by atoms with Gasteiger partial charge in [-0.2, -0.15) is 0 Å². The largest absolute Gasteiger partial charge is 0.317 e. The summed E-state index contributed by atoms with van der Waals surface area (Å²) in [4.78, 5) is 4.22. The molecule has 0 aliphatic heterocycles. The molecule has 0 spiro atoms. The Morgan fingerprint density at radius 2 is 2.00 bits per heavy atom. The van der Waals surface area contributed by atoms with Gasteiger partial charge in [0.2, 0.25) is 0 Å². The van der Waals surface area contributed by atoms with E-state index in [1.165, 1.54) is 0 Å². The zero-order valence-electron chi connectivity index (χ0n) is 10.5. The van der Waals surface area contributed by atoms with Gasteiger partial charge in [-0.05, 0) is 30.5 Å². The molecule has 4 heteroatoms. The van der Waals surface area contributed by atoms with Crippen molar-refractivity contribution < 1.29 is 5.21 Å². The highest BCUT2D eigenvalue weighted by Gasteiger charge is 2.09. The molecule has 1 unspecified atom stereocenters. The van der Waals surface area contributed by atoms with Crippen molar-refractivity contribution in [2.45, 2.75) is 18.9 Å². The van der Waals surface area contributed by atoms with E-state index in [0.717, 1.165) is 17.7 Å². The summed E-state index contributed by atoms with van der Waals surface area (Å²) in [5.74, 6) is 0. The zero-order chi connectivity index (χ0) is 13.5. The molecule has 0 fully saturated rings. The van der Waals surface area contributed by atoms with Crippen LogP contribution in [-0.4, -0.2) is 16.2 Å². The van der Waals surface area contributed by atoms with Gasteiger partial charge >= 0.3 is 0 Å². The van der Waals surface area contributed by atoms with Gasteiger partial charge in [-0.15, -0.1) is 0 Å². The smallest absolute Gasteiger partial charge is 0.0589 e. The first kappa shape index (κ1) is 14.0. The van der Waals surface area contributed by atoms with Gasteiger partial charge in [-0.1, -0.05) is 41.9 Å². The Morgan fingerprint density at radius 3 is 2.63 bits per heavy atom. The highest BCUT2D eigenvalue weighted by atomic mass is 35.5. The Morgan fingerprint density at radius 1 is 1.21 bits per heavy atom. The molecule has 1 aromatic carbocycles. The van der Waals surface area contributed by atoms with Gasteiger partial charge in [0.1, 0.15) is 0 Å².